The predicted molar refractivity (Wildman–Crippen MR) is 102 cm³/mol. The molecule has 0 spiro atoms. The summed E-state index contributed by atoms with van der Waals surface area (Å²) < 4.78 is 14.3. The number of aliphatic hydroxyl groups excluding tert-OH is 1. The third-order valence-electron chi connectivity index (χ3n) is 5.09. The van der Waals surface area contributed by atoms with Crippen molar-refractivity contribution in [2.45, 2.75) is 38.5 Å². The second-order valence-corrected chi connectivity index (χ2v) is 6.89. The molecule has 0 aliphatic carbocycles. The number of aromatic amines is 1. The van der Waals surface area contributed by atoms with E-state index in [1.165, 1.54) is 6.20 Å². The van der Waals surface area contributed by atoms with E-state index < -0.39 is 12.0 Å². The summed E-state index contributed by atoms with van der Waals surface area (Å²) in [5, 5.41) is 14.0. The lowest BCUT2D eigenvalue weighted by molar-refractivity contribution is -0.0241. The van der Waals surface area contributed by atoms with Crippen LogP contribution in [0, 0.1) is 5.82 Å². The van der Waals surface area contributed by atoms with E-state index in [4.69, 9.17) is 0 Å². The first-order valence-corrected chi connectivity index (χ1v) is 9.26. The molecular weight excluding hydrogens is 347 g/mol. The Bertz CT molecular complexity index is 927. The predicted octanol–water partition coefficient (Wildman–Crippen LogP) is 2.76. The number of hydrogen-bond acceptors (Lipinski definition) is 6. The Labute approximate surface area is 156 Å². The molecule has 3 aromatic rings. The third-order valence-corrected chi connectivity index (χ3v) is 5.09. The summed E-state index contributed by atoms with van der Waals surface area (Å²) in [7, 11) is 0. The smallest absolute Gasteiger partial charge is 0.183 e. The van der Waals surface area contributed by atoms with Gasteiger partial charge in [0.05, 0.1) is 6.20 Å². The van der Waals surface area contributed by atoms with Gasteiger partial charge >= 0.3 is 0 Å². The highest BCUT2D eigenvalue weighted by atomic mass is 19.1. The standard InChI is InChI=1S/C19H23FN6O/c1-12(27)26-8-3-2-5-13(26)9-22-19-16(20)11-24-18(25-19)15-10-23-17-14(15)6-4-7-21-17/h4,6-7,10-13,27H,2-3,5,8-9H2,1H3,(H,21,23)(H,22,24,25). The normalized spacial score (nSPS) is 19.3. The van der Waals surface area contributed by atoms with E-state index in [1.807, 2.05) is 17.0 Å². The van der Waals surface area contributed by atoms with E-state index in [1.54, 1.807) is 19.3 Å². The number of hydrogen-bond donors (Lipinski definition) is 3. The second kappa shape index (κ2) is 7.58. The quantitative estimate of drug-likeness (QED) is 0.640. The van der Waals surface area contributed by atoms with Crippen molar-refractivity contribution < 1.29 is 9.50 Å². The molecule has 0 amide bonds. The molecular formula is C19H23FN6O. The molecule has 0 radical (unpaired) electrons. The van der Waals surface area contributed by atoms with Crippen LogP contribution >= 0.6 is 0 Å². The molecule has 2 atom stereocenters. The molecule has 7 nitrogen and oxygen atoms in total. The molecule has 1 aliphatic heterocycles. The van der Waals surface area contributed by atoms with Gasteiger partial charge in [0.1, 0.15) is 11.9 Å². The SMILES string of the molecule is CC(O)N1CCCCC1CNc1nc(-c2c[nH]c3ncccc23)ncc1F. The number of anilines is 1. The van der Waals surface area contributed by atoms with E-state index in [-0.39, 0.29) is 11.9 Å². The van der Waals surface area contributed by atoms with E-state index in [0.29, 0.717) is 12.4 Å². The Morgan fingerprint density at radius 1 is 1.41 bits per heavy atom. The van der Waals surface area contributed by atoms with Crippen molar-refractivity contribution in [1.29, 1.82) is 0 Å². The van der Waals surface area contributed by atoms with Crippen molar-refractivity contribution in [2.24, 2.45) is 0 Å². The van der Waals surface area contributed by atoms with Crippen LogP contribution in [0.2, 0.25) is 0 Å². The number of aliphatic hydroxyl groups is 1. The van der Waals surface area contributed by atoms with Gasteiger partial charge in [0.2, 0.25) is 0 Å². The van der Waals surface area contributed by atoms with Crippen LogP contribution in [0.25, 0.3) is 22.4 Å². The Kier molecular flexibility index (Phi) is 5.00. The minimum absolute atomic E-state index is 0.147. The molecule has 142 valence electrons. The summed E-state index contributed by atoms with van der Waals surface area (Å²) >= 11 is 0. The number of piperidine rings is 1. The van der Waals surface area contributed by atoms with E-state index in [0.717, 1.165) is 42.4 Å². The highest BCUT2D eigenvalue weighted by Gasteiger charge is 2.25. The summed E-state index contributed by atoms with van der Waals surface area (Å²) in [5.74, 6) is 0.125. The second-order valence-electron chi connectivity index (χ2n) is 6.89. The Balaban J connectivity index is 1.56. The van der Waals surface area contributed by atoms with Crippen molar-refractivity contribution in [3.05, 3.63) is 36.5 Å². The van der Waals surface area contributed by atoms with Crippen LogP contribution in [0.4, 0.5) is 10.2 Å². The summed E-state index contributed by atoms with van der Waals surface area (Å²) in [5.41, 5.74) is 1.52. The first-order valence-electron chi connectivity index (χ1n) is 9.26. The Hall–Kier alpha value is -2.58. The van der Waals surface area contributed by atoms with Gasteiger partial charge in [-0.2, -0.15) is 0 Å². The zero-order valence-corrected chi connectivity index (χ0v) is 15.2. The lowest BCUT2D eigenvalue weighted by atomic mass is 10.0. The number of halogens is 1. The number of pyridine rings is 1. The molecule has 1 saturated heterocycles. The van der Waals surface area contributed by atoms with Crippen molar-refractivity contribution in [2.75, 3.05) is 18.4 Å². The average molecular weight is 370 g/mol. The van der Waals surface area contributed by atoms with Gasteiger partial charge in [-0.3, -0.25) is 4.90 Å². The fourth-order valence-electron chi connectivity index (χ4n) is 3.71. The fourth-order valence-corrected chi connectivity index (χ4v) is 3.71. The van der Waals surface area contributed by atoms with Gasteiger partial charge in [-0.15, -0.1) is 0 Å². The van der Waals surface area contributed by atoms with Crippen LogP contribution in [0.1, 0.15) is 26.2 Å². The number of aromatic nitrogens is 4. The van der Waals surface area contributed by atoms with E-state index >= 15 is 0 Å². The third kappa shape index (κ3) is 3.63. The zero-order chi connectivity index (χ0) is 18.8. The van der Waals surface area contributed by atoms with E-state index in [9.17, 15) is 9.50 Å². The van der Waals surface area contributed by atoms with Gasteiger partial charge < -0.3 is 15.4 Å². The average Bonchev–Trinajstić information content (AvgIpc) is 3.12. The summed E-state index contributed by atoms with van der Waals surface area (Å²) in [6.45, 7) is 3.14. The van der Waals surface area contributed by atoms with Crippen molar-refractivity contribution in [3.63, 3.8) is 0 Å². The summed E-state index contributed by atoms with van der Waals surface area (Å²) in [6.07, 6.45) is 7.31. The molecule has 0 bridgehead atoms. The molecule has 3 aromatic heterocycles. The molecule has 0 saturated carbocycles. The first-order chi connectivity index (χ1) is 13.1. The first kappa shape index (κ1) is 17.8. The molecule has 1 aliphatic rings. The van der Waals surface area contributed by atoms with Crippen LogP contribution in [0.3, 0.4) is 0 Å². The fraction of sp³-hybridized carbons (Fsp3) is 0.421. The van der Waals surface area contributed by atoms with Crippen LogP contribution in [-0.2, 0) is 0 Å². The maximum atomic E-state index is 14.3. The monoisotopic (exact) mass is 370 g/mol. The van der Waals surface area contributed by atoms with Crippen LogP contribution in [0.15, 0.2) is 30.7 Å². The van der Waals surface area contributed by atoms with Crippen LogP contribution in [0.5, 0.6) is 0 Å². The maximum absolute atomic E-state index is 14.3. The number of fused-ring (bicyclic) bond motifs is 1. The van der Waals surface area contributed by atoms with Gasteiger partial charge in [0.15, 0.2) is 17.5 Å². The molecule has 4 rings (SSSR count). The highest BCUT2D eigenvalue weighted by molar-refractivity contribution is 5.91. The van der Waals surface area contributed by atoms with Crippen LogP contribution < -0.4 is 5.32 Å². The molecule has 8 heteroatoms. The lowest BCUT2D eigenvalue weighted by Crippen LogP contribution is -2.48. The zero-order valence-electron chi connectivity index (χ0n) is 15.2. The van der Waals surface area contributed by atoms with Crippen molar-refractivity contribution in [3.8, 4) is 11.4 Å². The molecule has 3 N–H and O–H groups in total. The minimum atomic E-state index is -0.512. The van der Waals surface area contributed by atoms with Crippen molar-refractivity contribution >= 4 is 16.9 Å². The largest absolute Gasteiger partial charge is 0.379 e. The number of rotatable bonds is 5. The van der Waals surface area contributed by atoms with Gasteiger partial charge in [-0.05, 0) is 31.9 Å². The van der Waals surface area contributed by atoms with Crippen LogP contribution in [-0.4, -0.2) is 55.3 Å². The molecule has 4 heterocycles. The van der Waals surface area contributed by atoms with Crippen molar-refractivity contribution in [1.82, 2.24) is 24.8 Å². The molecule has 0 aromatic carbocycles. The Morgan fingerprint density at radius 3 is 3.15 bits per heavy atom. The highest BCUT2D eigenvalue weighted by Crippen LogP contribution is 2.26. The van der Waals surface area contributed by atoms with Gasteiger partial charge in [0.25, 0.3) is 0 Å². The van der Waals surface area contributed by atoms with Gasteiger partial charge in [-0.1, -0.05) is 6.42 Å². The molecule has 27 heavy (non-hydrogen) atoms. The topological polar surface area (TPSA) is 90.0 Å². The molecule has 2 unspecified atom stereocenters. The van der Waals surface area contributed by atoms with Gasteiger partial charge in [0, 0.05) is 42.5 Å². The number of nitrogens with one attached hydrogen (secondary N) is 2. The molecule has 1 fully saturated rings. The number of likely N-dealkylation sites (tertiary alicyclic amines) is 1. The summed E-state index contributed by atoms with van der Waals surface area (Å²) in [4.78, 5) is 17.9. The van der Waals surface area contributed by atoms with E-state index in [2.05, 4.69) is 25.3 Å². The summed E-state index contributed by atoms with van der Waals surface area (Å²) in [6, 6.07) is 3.92. The van der Waals surface area contributed by atoms with Gasteiger partial charge in [-0.25, -0.2) is 19.3 Å². The maximum Gasteiger partial charge on any atom is 0.183 e. The number of H-pyrrole nitrogens is 1. The Morgan fingerprint density at radius 2 is 2.30 bits per heavy atom. The number of nitrogens with zero attached hydrogens (tertiary/aromatic N) is 4. The lowest BCUT2D eigenvalue weighted by Gasteiger charge is -2.37. The minimum Gasteiger partial charge on any atom is -0.379 e.